The van der Waals surface area contributed by atoms with Gasteiger partial charge in [0.2, 0.25) is 0 Å². The first-order valence-electron chi connectivity index (χ1n) is 7.50. The summed E-state index contributed by atoms with van der Waals surface area (Å²) in [5.74, 6) is 0.305. The monoisotopic (exact) mass is 259 g/mol. The summed E-state index contributed by atoms with van der Waals surface area (Å²) in [5.41, 5.74) is 1.78. The van der Waals surface area contributed by atoms with Crippen molar-refractivity contribution in [3.8, 4) is 0 Å². The van der Waals surface area contributed by atoms with Gasteiger partial charge in [-0.2, -0.15) is 0 Å². The van der Waals surface area contributed by atoms with Crippen LogP contribution in [-0.4, -0.2) is 29.3 Å². The van der Waals surface area contributed by atoms with Crippen molar-refractivity contribution >= 4 is 5.78 Å². The molecule has 0 aromatic heterocycles. The molecule has 2 rings (SSSR count). The molecule has 0 amide bonds. The number of hydrogen-bond donors (Lipinski definition) is 0. The fourth-order valence-electron chi connectivity index (χ4n) is 3.28. The van der Waals surface area contributed by atoms with E-state index >= 15 is 0 Å². The van der Waals surface area contributed by atoms with E-state index in [2.05, 4.69) is 25.7 Å². The first kappa shape index (κ1) is 14.3. The van der Waals surface area contributed by atoms with Gasteiger partial charge in [0.05, 0.1) is 5.54 Å². The van der Waals surface area contributed by atoms with E-state index < -0.39 is 0 Å². The molecule has 0 N–H and O–H groups in total. The van der Waals surface area contributed by atoms with Gasteiger partial charge in [-0.1, -0.05) is 43.7 Å². The third kappa shape index (κ3) is 2.59. The average Bonchev–Trinajstić information content (AvgIpc) is 2.96. The molecule has 2 nitrogen and oxygen atoms in total. The summed E-state index contributed by atoms with van der Waals surface area (Å²) in [4.78, 5) is 15.4. The summed E-state index contributed by atoms with van der Waals surface area (Å²) in [7, 11) is 0. The van der Waals surface area contributed by atoms with Crippen LogP contribution in [0.25, 0.3) is 0 Å². The van der Waals surface area contributed by atoms with E-state index in [0.29, 0.717) is 5.78 Å². The highest BCUT2D eigenvalue weighted by molar-refractivity contribution is 6.03. The minimum absolute atomic E-state index is 0.286. The van der Waals surface area contributed by atoms with Gasteiger partial charge in [0, 0.05) is 5.56 Å². The molecule has 0 spiro atoms. The van der Waals surface area contributed by atoms with E-state index in [-0.39, 0.29) is 5.54 Å². The second-order valence-electron chi connectivity index (χ2n) is 5.63. The van der Waals surface area contributed by atoms with Gasteiger partial charge in [-0.3, -0.25) is 9.69 Å². The SMILES string of the molecule is CCC(CC)(C(=O)c1ccc(C)cc1)N1CCCC1. The van der Waals surface area contributed by atoms with Gasteiger partial charge in [0.15, 0.2) is 5.78 Å². The summed E-state index contributed by atoms with van der Waals surface area (Å²) in [5, 5.41) is 0. The van der Waals surface area contributed by atoms with E-state index in [1.165, 1.54) is 18.4 Å². The maximum atomic E-state index is 13.0. The summed E-state index contributed by atoms with van der Waals surface area (Å²) < 4.78 is 0. The molecule has 1 aliphatic rings. The van der Waals surface area contributed by atoms with Crippen molar-refractivity contribution in [3.63, 3.8) is 0 Å². The fraction of sp³-hybridized carbons (Fsp3) is 0.588. The number of nitrogens with zero attached hydrogens (tertiary/aromatic N) is 1. The summed E-state index contributed by atoms with van der Waals surface area (Å²) >= 11 is 0. The molecule has 1 aliphatic heterocycles. The zero-order valence-corrected chi connectivity index (χ0v) is 12.4. The van der Waals surface area contributed by atoms with Crippen LogP contribution in [0.1, 0.15) is 55.5 Å². The Kier molecular flexibility index (Phi) is 4.41. The molecule has 104 valence electrons. The second-order valence-corrected chi connectivity index (χ2v) is 5.63. The van der Waals surface area contributed by atoms with Crippen LogP contribution < -0.4 is 0 Å². The lowest BCUT2D eigenvalue weighted by Crippen LogP contribution is -2.52. The van der Waals surface area contributed by atoms with Crippen molar-refractivity contribution in [1.29, 1.82) is 0 Å². The topological polar surface area (TPSA) is 20.3 Å². The van der Waals surface area contributed by atoms with Crippen molar-refractivity contribution in [2.45, 2.75) is 52.0 Å². The molecule has 19 heavy (non-hydrogen) atoms. The number of rotatable bonds is 5. The van der Waals surface area contributed by atoms with Crippen LogP contribution in [0.5, 0.6) is 0 Å². The van der Waals surface area contributed by atoms with E-state index in [9.17, 15) is 4.79 Å². The van der Waals surface area contributed by atoms with Gasteiger partial charge in [0.25, 0.3) is 0 Å². The Morgan fingerprint density at radius 2 is 1.63 bits per heavy atom. The Balaban J connectivity index is 2.32. The molecule has 0 aliphatic carbocycles. The molecule has 1 heterocycles. The molecule has 0 saturated carbocycles. The first-order valence-corrected chi connectivity index (χ1v) is 7.50. The van der Waals surface area contributed by atoms with Crippen LogP contribution in [-0.2, 0) is 0 Å². The van der Waals surface area contributed by atoms with Gasteiger partial charge in [0.1, 0.15) is 0 Å². The van der Waals surface area contributed by atoms with Crippen LogP contribution in [0.4, 0.5) is 0 Å². The Bertz CT molecular complexity index is 425. The molecule has 1 fully saturated rings. The predicted octanol–water partition coefficient (Wildman–Crippen LogP) is 3.83. The van der Waals surface area contributed by atoms with Crippen LogP contribution in [0, 0.1) is 6.92 Å². The predicted molar refractivity (Wildman–Crippen MR) is 79.6 cm³/mol. The quantitative estimate of drug-likeness (QED) is 0.749. The second kappa shape index (κ2) is 5.87. The number of benzene rings is 1. The molecular formula is C17H25NO. The number of Topliss-reactive ketones (excluding diaryl/α,β-unsaturated/α-hetero) is 1. The number of likely N-dealkylation sites (tertiary alicyclic amines) is 1. The Morgan fingerprint density at radius 3 is 2.11 bits per heavy atom. The molecule has 2 heteroatoms. The molecule has 0 radical (unpaired) electrons. The van der Waals surface area contributed by atoms with Crippen molar-refractivity contribution in [2.75, 3.05) is 13.1 Å². The fourth-order valence-corrected chi connectivity index (χ4v) is 3.28. The van der Waals surface area contributed by atoms with E-state index in [0.717, 1.165) is 31.5 Å². The van der Waals surface area contributed by atoms with E-state index in [1.807, 2.05) is 24.3 Å². The van der Waals surface area contributed by atoms with Crippen molar-refractivity contribution in [2.24, 2.45) is 0 Å². The molecule has 0 atom stereocenters. The number of carbonyl (C=O) groups excluding carboxylic acids is 1. The third-order valence-electron chi connectivity index (χ3n) is 4.62. The smallest absolute Gasteiger partial charge is 0.183 e. The van der Waals surface area contributed by atoms with Gasteiger partial charge in [-0.25, -0.2) is 0 Å². The Morgan fingerprint density at radius 1 is 1.11 bits per heavy atom. The van der Waals surface area contributed by atoms with E-state index in [1.54, 1.807) is 0 Å². The molecular weight excluding hydrogens is 234 g/mol. The normalized spacial score (nSPS) is 16.8. The van der Waals surface area contributed by atoms with Gasteiger partial charge in [-0.15, -0.1) is 0 Å². The van der Waals surface area contributed by atoms with Gasteiger partial charge >= 0.3 is 0 Å². The average molecular weight is 259 g/mol. The van der Waals surface area contributed by atoms with Crippen molar-refractivity contribution in [3.05, 3.63) is 35.4 Å². The third-order valence-corrected chi connectivity index (χ3v) is 4.62. The molecule has 0 unspecified atom stereocenters. The standard InChI is InChI=1S/C17H25NO/c1-4-17(5-2,18-12-6-7-13-18)16(19)15-10-8-14(3)9-11-15/h8-11H,4-7,12-13H2,1-3H3. The minimum Gasteiger partial charge on any atom is -0.292 e. The van der Waals surface area contributed by atoms with Crippen molar-refractivity contribution < 1.29 is 4.79 Å². The number of aryl methyl sites for hydroxylation is 1. The van der Waals surface area contributed by atoms with Crippen molar-refractivity contribution in [1.82, 2.24) is 4.90 Å². The molecule has 0 bridgehead atoms. The highest BCUT2D eigenvalue weighted by Gasteiger charge is 2.41. The maximum absolute atomic E-state index is 13.0. The van der Waals surface area contributed by atoms with Crippen LogP contribution >= 0.6 is 0 Å². The molecule has 1 aromatic rings. The lowest BCUT2D eigenvalue weighted by atomic mass is 9.82. The first-order chi connectivity index (χ1) is 9.14. The number of ketones is 1. The maximum Gasteiger partial charge on any atom is 0.183 e. The summed E-state index contributed by atoms with van der Waals surface area (Å²) in [6, 6.07) is 8.03. The highest BCUT2D eigenvalue weighted by Crippen LogP contribution is 2.31. The zero-order chi connectivity index (χ0) is 13.9. The van der Waals surface area contributed by atoms with Crippen LogP contribution in [0.15, 0.2) is 24.3 Å². The summed E-state index contributed by atoms with van der Waals surface area (Å²) in [6.07, 6.45) is 4.25. The Labute approximate surface area is 116 Å². The minimum atomic E-state index is -0.286. The number of carbonyl (C=O) groups is 1. The lowest BCUT2D eigenvalue weighted by Gasteiger charge is -2.39. The summed E-state index contributed by atoms with van der Waals surface area (Å²) in [6.45, 7) is 8.49. The zero-order valence-electron chi connectivity index (χ0n) is 12.4. The van der Waals surface area contributed by atoms with Gasteiger partial charge in [-0.05, 0) is 45.7 Å². The lowest BCUT2D eigenvalue weighted by molar-refractivity contribution is 0.0581. The Hall–Kier alpha value is -1.15. The molecule has 1 saturated heterocycles. The van der Waals surface area contributed by atoms with Gasteiger partial charge < -0.3 is 0 Å². The molecule has 1 aromatic carbocycles. The van der Waals surface area contributed by atoms with E-state index in [4.69, 9.17) is 0 Å². The largest absolute Gasteiger partial charge is 0.292 e. The highest BCUT2D eigenvalue weighted by atomic mass is 16.1. The number of hydrogen-bond acceptors (Lipinski definition) is 2. The van der Waals surface area contributed by atoms with Crippen LogP contribution in [0.3, 0.4) is 0 Å². The van der Waals surface area contributed by atoms with Crippen LogP contribution in [0.2, 0.25) is 0 Å².